The Kier molecular flexibility index (Phi) is 2.92. The Bertz CT molecular complexity index is 350. The lowest BCUT2D eigenvalue weighted by molar-refractivity contribution is 0.366. The zero-order chi connectivity index (χ0) is 9.84. The Morgan fingerprint density at radius 2 is 2.08 bits per heavy atom. The minimum Gasteiger partial charge on any atom is -0.481 e. The molecule has 0 fully saturated rings. The summed E-state index contributed by atoms with van der Waals surface area (Å²) in [5, 5.41) is 0. The molecular weight excluding hydrogens is 167 g/mol. The lowest BCUT2D eigenvalue weighted by atomic mass is 10.1. The first-order valence-corrected chi connectivity index (χ1v) is 3.98. The monoisotopic (exact) mass is 178 g/mol. The summed E-state index contributed by atoms with van der Waals surface area (Å²) in [5.41, 5.74) is 1.41. The lowest BCUT2D eigenvalue weighted by Gasteiger charge is -2.08. The van der Waals surface area contributed by atoms with E-state index in [9.17, 15) is 4.39 Å². The minimum absolute atomic E-state index is 0.214. The van der Waals surface area contributed by atoms with E-state index >= 15 is 0 Å². The quantitative estimate of drug-likeness (QED) is 0.632. The first kappa shape index (κ1) is 9.60. The van der Waals surface area contributed by atoms with E-state index in [1.165, 1.54) is 6.07 Å². The third-order valence-electron chi connectivity index (χ3n) is 1.98. The Balaban J connectivity index is 2.98. The lowest BCUT2D eigenvalue weighted by Crippen LogP contribution is -1.98. The molecule has 0 aliphatic carbocycles. The van der Waals surface area contributed by atoms with Gasteiger partial charge in [0.1, 0.15) is 18.2 Å². The number of halogens is 1. The maximum absolute atomic E-state index is 13.0. The molecule has 0 amide bonds. The van der Waals surface area contributed by atoms with Crippen LogP contribution in [0, 0.1) is 32.0 Å². The summed E-state index contributed by atoms with van der Waals surface area (Å²) in [6.07, 6.45) is 5.05. The maximum atomic E-state index is 13.0. The van der Waals surface area contributed by atoms with Crippen LogP contribution in [0.3, 0.4) is 0 Å². The zero-order valence-electron chi connectivity index (χ0n) is 7.73. The summed E-state index contributed by atoms with van der Waals surface area (Å²) >= 11 is 0. The number of hydrogen-bond acceptors (Lipinski definition) is 1. The van der Waals surface area contributed by atoms with Gasteiger partial charge in [-0.3, -0.25) is 0 Å². The van der Waals surface area contributed by atoms with Crippen LogP contribution >= 0.6 is 0 Å². The van der Waals surface area contributed by atoms with Gasteiger partial charge in [0.15, 0.2) is 0 Å². The summed E-state index contributed by atoms with van der Waals surface area (Å²) < 4.78 is 18.2. The molecule has 0 N–H and O–H groups in total. The van der Waals surface area contributed by atoms with Crippen LogP contribution in [0.2, 0.25) is 0 Å². The topological polar surface area (TPSA) is 9.23 Å². The van der Waals surface area contributed by atoms with Gasteiger partial charge in [-0.1, -0.05) is 5.92 Å². The SMILES string of the molecule is C#CCOc1ccc(F)c(C)c1C. The van der Waals surface area contributed by atoms with Gasteiger partial charge in [-0.2, -0.15) is 0 Å². The molecule has 13 heavy (non-hydrogen) atoms. The average Bonchev–Trinajstić information content (AvgIpc) is 2.13. The number of ether oxygens (including phenoxy) is 1. The Hall–Kier alpha value is -1.49. The van der Waals surface area contributed by atoms with E-state index in [1.54, 1.807) is 13.0 Å². The summed E-state index contributed by atoms with van der Waals surface area (Å²) in [7, 11) is 0. The Labute approximate surface area is 77.5 Å². The fraction of sp³-hybridized carbons (Fsp3) is 0.273. The van der Waals surface area contributed by atoms with Crippen LogP contribution in [0.1, 0.15) is 11.1 Å². The molecule has 0 heterocycles. The van der Waals surface area contributed by atoms with Gasteiger partial charge >= 0.3 is 0 Å². The number of hydrogen-bond donors (Lipinski definition) is 0. The number of rotatable bonds is 2. The van der Waals surface area contributed by atoms with Crippen molar-refractivity contribution in [3.8, 4) is 18.1 Å². The first-order chi connectivity index (χ1) is 6.16. The molecule has 1 rings (SSSR count). The molecule has 1 aromatic rings. The smallest absolute Gasteiger partial charge is 0.148 e. The summed E-state index contributed by atoms with van der Waals surface area (Å²) in [6.45, 7) is 3.74. The average molecular weight is 178 g/mol. The van der Waals surface area contributed by atoms with Gasteiger partial charge in [-0.05, 0) is 37.1 Å². The van der Waals surface area contributed by atoms with Crippen molar-refractivity contribution in [1.29, 1.82) is 0 Å². The molecule has 0 spiro atoms. The molecule has 2 heteroatoms. The highest BCUT2D eigenvalue weighted by atomic mass is 19.1. The highest BCUT2D eigenvalue weighted by Gasteiger charge is 2.05. The van der Waals surface area contributed by atoms with Gasteiger partial charge in [-0.15, -0.1) is 6.42 Å². The Morgan fingerprint density at radius 1 is 1.38 bits per heavy atom. The molecule has 0 aliphatic heterocycles. The second-order valence-corrected chi connectivity index (χ2v) is 2.79. The van der Waals surface area contributed by atoms with Gasteiger partial charge < -0.3 is 4.74 Å². The van der Waals surface area contributed by atoms with E-state index in [2.05, 4.69) is 5.92 Å². The molecule has 0 atom stereocenters. The van der Waals surface area contributed by atoms with Crippen LogP contribution in [-0.4, -0.2) is 6.61 Å². The second-order valence-electron chi connectivity index (χ2n) is 2.79. The summed E-state index contributed by atoms with van der Waals surface area (Å²) in [4.78, 5) is 0. The molecule has 1 nitrogen and oxygen atoms in total. The van der Waals surface area contributed by atoms with Gasteiger partial charge in [0.05, 0.1) is 0 Å². The van der Waals surface area contributed by atoms with E-state index in [4.69, 9.17) is 11.2 Å². The fourth-order valence-electron chi connectivity index (χ4n) is 1.04. The molecule has 0 radical (unpaired) electrons. The standard InChI is InChI=1S/C11H11FO/c1-4-7-13-11-6-5-10(12)8(2)9(11)3/h1,5-6H,7H2,2-3H3. The normalized spacial score (nSPS) is 9.38. The van der Waals surface area contributed by atoms with Gasteiger partial charge in [0.2, 0.25) is 0 Å². The van der Waals surface area contributed by atoms with E-state index in [0.717, 1.165) is 5.56 Å². The predicted octanol–water partition coefficient (Wildman–Crippen LogP) is 2.45. The van der Waals surface area contributed by atoms with Crippen LogP contribution < -0.4 is 4.74 Å². The van der Waals surface area contributed by atoms with Crippen LogP contribution in [-0.2, 0) is 0 Å². The predicted molar refractivity (Wildman–Crippen MR) is 50.2 cm³/mol. The largest absolute Gasteiger partial charge is 0.481 e. The molecule has 0 bridgehead atoms. The van der Waals surface area contributed by atoms with Crippen LogP contribution in [0.4, 0.5) is 4.39 Å². The number of terminal acetylenes is 1. The Morgan fingerprint density at radius 3 is 2.69 bits per heavy atom. The minimum atomic E-state index is -0.217. The van der Waals surface area contributed by atoms with Crippen molar-refractivity contribution in [2.75, 3.05) is 6.61 Å². The molecule has 0 saturated heterocycles. The fourth-order valence-corrected chi connectivity index (χ4v) is 1.04. The van der Waals surface area contributed by atoms with E-state index < -0.39 is 0 Å². The second kappa shape index (κ2) is 3.95. The highest BCUT2D eigenvalue weighted by molar-refractivity contribution is 5.39. The van der Waals surface area contributed by atoms with Crippen molar-refractivity contribution < 1.29 is 9.13 Å². The molecule has 0 unspecified atom stereocenters. The summed E-state index contributed by atoms with van der Waals surface area (Å²) in [6, 6.07) is 2.98. The van der Waals surface area contributed by atoms with Gasteiger partial charge in [0.25, 0.3) is 0 Å². The van der Waals surface area contributed by atoms with Crippen molar-refractivity contribution >= 4 is 0 Å². The first-order valence-electron chi connectivity index (χ1n) is 3.98. The molecule has 1 aromatic carbocycles. The van der Waals surface area contributed by atoms with Crippen molar-refractivity contribution in [3.05, 3.63) is 29.1 Å². The van der Waals surface area contributed by atoms with E-state index in [1.807, 2.05) is 6.92 Å². The van der Waals surface area contributed by atoms with Gasteiger partial charge in [0, 0.05) is 0 Å². The molecule has 68 valence electrons. The molecule has 0 saturated carbocycles. The van der Waals surface area contributed by atoms with Crippen molar-refractivity contribution in [3.63, 3.8) is 0 Å². The third-order valence-corrected chi connectivity index (χ3v) is 1.98. The summed E-state index contributed by atoms with van der Waals surface area (Å²) in [5.74, 6) is 2.79. The van der Waals surface area contributed by atoms with Crippen molar-refractivity contribution in [2.45, 2.75) is 13.8 Å². The van der Waals surface area contributed by atoms with E-state index in [-0.39, 0.29) is 12.4 Å². The zero-order valence-corrected chi connectivity index (χ0v) is 7.73. The molecule has 0 aliphatic rings. The highest BCUT2D eigenvalue weighted by Crippen LogP contribution is 2.22. The molecule has 0 aromatic heterocycles. The number of benzene rings is 1. The van der Waals surface area contributed by atoms with Crippen LogP contribution in [0.25, 0.3) is 0 Å². The third kappa shape index (κ3) is 2.00. The van der Waals surface area contributed by atoms with Crippen molar-refractivity contribution in [1.82, 2.24) is 0 Å². The van der Waals surface area contributed by atoms with Gasteiger partial charge in [-0.25, -0.2) is 4.39 Å². The maximum Gasteiger partial charge on any atom is 0.148 e. The molecular formula is C11H11FO. The van der Waals surface area contributed by atoms with E-state index in [0.29, 0.717) is 11.3 Å². The van der Waals surface area contributed by atoms with Crippen LogP contribution in [0.15, 0.2) is 12.1 Å². The van der Waals surface area contributed by atoms with Crippen molar-refractivity contribution in [2.24, 2.45) is 0 Å². The van der Waals surface area contributed by atoms with Crippen LogP contribution in [0.5, 0.6) is 5.75 Å².